The highest BCUT2D eigenvalue weighted by molar-refractivity contribution is 9.10. The Morgan fingerprint density at radius 3 is 2.70 bits per heavy atom. The number of ether oxygens (including phenoxy) is 1. The van der Waals surface area contributed by atoms with Crippen molar-refractivity contribution in [3.05, 3.63) is 56.2 Å². The van der Waals surface area contributed by atoms with Crippen molar-refractivity contribution in [3.63, 3.8) is 0 Å². The minimum absolute atomic E-state index is 0.129. The van der Waals surface area contributed by atoms with Crippen LogP contribution >= 0.6 is 15.9 Å². The van der Waals surface area contributed by atoms with Crippen LogP contribution in [0.15, 0.2) is 34.9 Å². The molecule has 0 saturated carbocycles. The van der Waals surface area contributed by atoms with Crippen LogP contribution in [-0.2, 0) is 0 Å². The van der Waals surface area contributed by atoms with Gasteiger partial charge in [0.05, 0.1) is 4.92 Å². The highest BCUT2D eigenvalue weighted by Gasteiger charge is 2.20. The SMILES string of the molecule is Cc1cc(Br)cc([N+](=O)[O-])c1Oc1ccc(C=O)cn1. The molecule has 0 amide bonds. The molecule has 7 heteroatoms. The Morgan fingerprint density at radius 1 is 1.40 bits per heavy atom. The lowest BCUT2D eigenvalue weighted by Gasteiger charge is -2.08. The van der Waals surface area contributed by atoms with Gasteiger partial charge in [-0.15, -0.1) is 0 Å². The number of nitrogens with zero attached hydrogens (tertiary/aromatic N) is 2. The molecule has 0 bridgehead atoms. The number of halogens is 1. The van der Waals surface area contributed by atoms with Crippen LogP contribution in [0.25, 0.3) is 0 Å². The maximum Gasteiger partial charge on any atom is 0.313 e. The van der Waals surface area contributed by atoms with Crippen molar-refractivity contribution >= 4 is 27.9 Å². The number of aryl methyl sites for hydroxylation is 1. The molecule has 0 unspecified atom stereocenters. The smallest absolute Gasteiger partial charge is 0.313 e. The summed E-state index contributed by atoms with van der Waals surface area (Å²) in [4.78, 5) is 25.0. The van der Waals surface area contributed by atoms with Gasteiger partial charge in [0.1, 0.15) is 0 Å². The summed E-state index contributed by atoms with van der Waals surface area (Å²) in [5, 5.41) is 11.1. The van der Waals surface area contributed by atoms with Crippen LogP contribution in [-0.4, -0.2) is 16.2 Å². The zero-order chi connectivity index (χ0) is 14.7. The number of carbonyl (C=O) groups is 1. The molecule has 0 aliphatic heterocycles. The lowest BCUT2D eigenvalue weighted by molar-refractivity contribution is -0.385. The molecule has 102 valence electrons. The van der Waals surface area contributed by atoms with Crippen LogP contribution in [0.4, 0.5) is 5.69 Å². The summed E-state index contributed by atoms with van der Waals surface area (Å²) in [5.41, 5.74) is 0.852. The Hall–Kier alpha value is -2.28. The van der Waals surface area contributed by atoms with Crippen molar-refractivity contribution < 1.29 is 14.5 Å². The second-order valence-electron chi connectivity index (χ2n) is 3.98. The third-order valence-electron chi connectivity index (χ3n) is 2.52. The van der Waals surface area contributed by atoms with E-state index in [1.54, 1.807) is 13.0 Å². The fourth-order valence-corrected chi connectivity index (χ4v) is 2.17. The van der Waals surface area contributed by atoms with Gasteiger partial charge in [-0.2, -0.15) is 0 Å². The second kappa shape index (κ2) is 5.79. The molecule has 2 aromatic rings. The predicted molar refractivity (Wildman–Crippen MR) is 75.2 cm³/mol. The van der Waals surface area contributed by atoms with Crippen molar-refractivity contribution in [3.8, 4) is 11.6 Å². The van der Waals surface area contributed by atoms with Crippen LogP contribution in [0.1, 0.15) is 15.9 Å². The molecule has 1 heterocycles. The Morgan fingerprint density at radius 2 is 2.15 bits per heavy atom. The van der Waals surface area contributed by atoms with Crippen molar-refractivity contribution in [2.45, 2.75) is 6.92 Å². The second-order valence-corrected chi connectivity index (χ2v) is 4.89. The van der Waals surface area contributed by atoms with E-state index >= 15 is 0 Å². The van der Waals surface area contributed by atoms with E-state index in [1.807, 2.05) is 0 Å². The summed E-state index contributed by atoms with van der Waals surface area (Å²) >= 11 is 3.21. The maximum atomic E-state index is 11.1. The van der Waals surface area contributed by atoms with Gasteiger partial charge in [-0.3, -0.25) is 14.9 Å². The van der Waals surface area contributed by atoms with Crippen molar-refractivity contribution in [2.75, 3.05) is 0 Å². The maximum absolute atomic E-state index is 11.1. The minimum Gasteiger partial charge on any atom is -0.432 e. The number of aldehydes is 1. The third kappa shape index (κ3) is 3.00. The molecule has 0 N–H and O–H groups in total. The van der Waals surface area contributed by atoms with E-state index in [1.165, 1.54) is 24.4 Å². The first-order chi connectivity index (χ1) is 9.51. The molecule has 0 saturated heterocycles. The molecule has 1 aromatic heterocycles. The summed E-state index contributed by atoms with van der Waals surface area (Å²) in [6.45, 7) is 1.70. The van der Waals surface area contributed by atoms with Gasteiger partial charge in [-0.05, 0) is 19.1 Å². The molecule has 1 aromatic carbocycles. The summed E-state index contributed by atoms with van der Waals surface area (Å²) in [7, 11) is 0. The molecule has 0 fully saturated rings. The minimum atomic E-state index is -0.521. The van der Waals surface area contributed by atoms with E-state index in [0.29, 0.717) is 21.9 Å². The van der Waals surface area contributed by atoms with Gasteiger partial charge in [0.25, 0.3) is 0 Å². The van der Waals surface area contributed by atoms with Gasteiger partial charge >= 0.3 is 5.69 Å². The van der Waals surface area contributed by atoms with E-state index in [9.17, 15) is 14.9 Å². The lowest BCUT2D eigenvalue weighted by atomic mass is 10.2. The van der Waals surface area contributed by atoms with Crippen molar-refractivity contribution in [1.82, 2.24) is 4.98 Å². The van der Waals surface area contributed by atoms with Gasteiger partial charge in [-0.1, -0.05) is 15.9 Å². The van der Waals surface area contributed by atoms with Gasteiger partial charge < -0.3 is 4.74 Å². The summed E-state index contributed by atoms with van der Waals surface area (Å²) in [6, 6.07) is 6.08. The molecule has 20 heavy (non-hydrogen) atoms. The van der Waals surface area contributed by atoms with E-state index in [4.69, 9.17) is 4.74 Å². The number of carbonyl (C=O) groups excluding carboxylic acids is 1. The van der Waals surface area contributed by atoms with Crippen molar-refractivity contribution in [1.29, 1.82) is 0 Å². The molecule has 2 rings (SSSR count). The van der Waals surface area contributed by atoms with Gasteiger partial charge in [-0.25, -0.2) is 4.98 Å². The molecule has 0 aliphatic carbocycles. The first kappa shape index (κ1) is 14.1. The molecule has 0 radical (unpaired) electrons. The third-order valence-corrected chi connectivity index (χ3v) is 2.98. The fraction of sp³-hybridized carbons (Fsp3) is 0.0769. The quantitative estimate of drug-likeness (QED) is 0.483. The van der Waals surface area contributed by atoms with Crippen LogP contribution in [0, 0.1) is 17.0 Å². The monoisotopic (exact) mass is 336 g/mol. The van der Waals surface area contributed by atoms with Crippen LogP contribution < -0.4 is 4.74 Å². The molecule has 0 aliphatic rings. The van der Waals surface area contributed by atoms with Gasteiger partial charge in [0, 0.05) is 33.9 Å². The fourth-order valence-electron chi connectivity index (χ4n) is 1.61. The highest BCUT2D eigenvalue weighted by atomic mass is 79.9. The summed E-state index contributed by atoms with van der Waals surface area (Å²) < 4.78 is 6.06. The number of benzene rings is 1. The Kier molecular flexibility index (Phi) is 4.09. The topological polar surface area (TPSA) is 82.3 Å². The predicted octanol–water partition coefficient (Wildman–Crippen LogP) is 3.67. The van der Waals surface area contributed by atoms with Gasteiger partial charge in [0.15, 0.2) is 6.29 Å². The van der Waals surface area contributed by atoms with E-state index in [-0.39, 0.29) is 17.3 Å². The number of hydrogen-bond acceptors (Lipinski definition) is 5. The average Bonchev–Trinajstić information content (AvgIpc) is 2.42. The normalized spacial score (nSPS) is 10.1. The first-order valence-electron chi connectivity index (χ1n) is 5.55. The zero-order valence-electron chi connectivity index (χ0n) is 10.4. The number of nitro groups is 1. The van der Waals surface area contributed by atoms with E-state index < -0.39 is 4.92 Å². The van der Waals surface area contributed by atoms with E-state index in [0.717, 1.165) is 0 Å². The van der Waals surface area contributed by atoms with Crippen molar-refractivity contribution in [2.24, 2.45) is 0 Å². The Bertz CT molecular complexity index is 671. The Labute approximate surface area is 122 Å². The van der Waals surface area contributed by atoms with E-state index in [2.05, 4.69) is 20.9 Å². The molecule has 0 atom stereocenters. The number of rotatable bonds is 4. The largest absolute Gasteiger partial charge is 0.432 e. The van der Waals surface area contributed by atoms with Crippen LogP contribution in [0.5, 0.6) is 11.6 Å². The lowest BCUT2D eigenvalue weighted by Crippen LogP contribution is -1.97. The Balaban J connectivity index is 2.41. The summed E-state index contributed by atoms with van der Waals surface area (Å²) in [5.74, 6) is 0.314. The first-order valence-corrected chi connectivity index (χ1v) is 6.34. The molecule has 0 spiro atoms. The number of aromatic nitrogens is 1. The highest BCUT2D eigenvalue weighted by Crippen LogP contribution is 2.36. The number of pyridine rings is 1. The molecule has 6 nitrogen and oxygen atoms in total. The van der Waals surface area contributed by atoms with Crippen LogP contribution in [0.2, 0.25) is 0 Å². The number of hydrogen-bond donors (Lipinski definition) is 0. The van der Waals surface area contributed by atoms with Crippen LogP contribution in [0.3, 0.4) is 0 Å². The molecular formula is C13H9BrN2O4. The average molecular weight is 337 g/mol. The molecular weight excluding hydrogens is 328 g/mol. The number of nitro benzene ring substituents is 1. The summed E-state index contributed by atoms with van der Waals surface area (Å²) in [6.07, 6.45) is 1.99. The van der Waals surface area contributed by atoms with Gasteiger partial charge in [0.2, 0.25) is 11.6 Å². The zero-order valence-corrected chi connectivity index (χ0v) is 12.0. The standard InChI is InChI=1S/C13H9BrN2O4/c1-8-4-10(14)5-11(16(18)19)13(8)20-12-3-2-9(7-17)6-15-12/h2-7H,1H3.